The van der Waals surface area contributed by atoms with Gasteiger partial charge in [-0.05, 0) is 53.9 Å². The Labute approximate surface area is 117 Å². The van der Waals surface area contributed by atoms with Crippen molar-refractivity contribution in [3.63, 3.8) is 0 Å². The third-order valence-electron chi connectivity index (χ3n) is 2.73. The van der Waals surface area contributed by atoms with Crippen molar-refractivity contribution in [1.82, 2.24) is 0 Å². The Morgan fingerprint density at radius 3 is 2.26 bits per heavy atom. The molecule has 3 N–H and O–H groups in total. The third kappa shape index (κ3) is 3.27. The van der Waals surface area contributed by atoms with Gasteiger partial charge >= 0.3 is 6.18 Å². The Bertz CT molecular complexity index is 489. The number of hydrogen-bond acceptors (Lipinski definition) is 2. The maximum atomic E-state index is 12.7. The number of hydrogen-bond donors (Lipinski definition) is 2. The van der Waals surface area contributed by atoms with Crippen LogP contribution in [0.5, 0.6) is 0 Å². The number of rotatable bonds is 2. The molecule has 0 heterocycles. The van der Waals surface area contributed by atoms with Crippen molar-refractivity contribution in [3.05, 3.63) is 27.7 Å². The molecule has 1 rings (SSSR count). The Morgan fingerprint density at radius 2 is 1.84 bits per heavy atom. The summed E-state index contributed by atoms with van der Waals surface area (Å²) in [6.45, 7) is 4.17. The average molecular weight is 339 g/mol. The molecule has 0 radical (unpaired) electrons. The van der Waals surface area contributed by atoms with Crippen LogP contribution in [0.4, 0.5) is 18.9 Å². The van der Waals surface area contributed by atoms with E-state index in [4.69, 9.17) is 5.73 Å². The van der Waals surface area contributed by atoms with Gasteiger partial charge in [-0.15, -0.1) is 0 Å². The van der Waals surface area contributed by atoms with Gasteiger partial charge in [0.2, 0.25) is 0 Å². The zero-order valence-electron chi connectivity index (χ0n) is 10.7. The summed E-state index contributed by atoms with van der Waals surface area (Å²) in [7, 11) is 0. The van der Waals surface area contributed by atoms with Gasteiger partial charge < -0.3 is 11.1 Å². The topological polar surface area (TPSA) is 55.1 Å². The Kier molecular flexibility index (Phi) is 4.31. The molecule has 19 heavy (non-hydrogen) atoms. The van der Waals surface area contributed by atoms with Crippen molar-refractivity contribution in [2.45, 2.75) is 32.5 Å². The van der Waals surface area contributed by atoms with Crippen LogP contribution in [-0.4, -0.2) is 17.6 Å². The minimum Gasteiger partial charge on any atom is -0.323 e. The van der Waals surface area contributed by atoms with Crippen molar-refractivity contribution in [2.24, 2.45) is 5.73 Å². The van der Waals surface area contributed by atoms with Crippen LogP contribution in [0.3, 0.4) is 0 Å². The number of benzene rings is 1. The molecule has 0 aliphatic heterocycles. The van der Waals surface area contributed by atoms with Gasteiger partial charge in [-0.3, -0.25) is 4.79 Å². The fourth-order valence-electron chi connectivity index (χ4n) is 1.45. The standard InChI is InChI=1S/C12H14BrF3N2O/c1-6-4-7(2)9(8(13)5-6)18-10(19)11(3,17)12(14,15)16/h4-5H,17H2,1-3H3,(H,18,19). The van der Waals surface area contributed by atoms with Gasteiger partial charge in [-0.1, -0.05) is 6.07 Å². The number of alkyl halides is 3. The highest BCUT2D eigenvalue weighted by atomic mass is 79.9. The van der Waals surface area contributed by atoms with Gasteiger partial charge in [0.05, 0.1) is 5.69 Å². The Morgan fingerprint density at radius 1 is 1.32 bits per heavy atom. The number of carbonyl (C=O) groups is 1. The van der Waals surface area contributed by atoms with E-state index < -0.39 is 17.6 Å². The van der Waals surface area contributed by atoms with Gasteiger partial charge in [-0.2, -0.15) is 13.2 Å². The van der Waals surface area contributed by atoms with Crippen LogP contribution in [0.25, 0.3) is 0 Å². The molecule has 0 saturated heterocycles. The van der Waals surface area contributed by atoms with E-state index in [1.165, 1.54) is 0 Å². The maximum absolute atomic E-state index is 12.7. The summed E-state index contributed by atoms with van der Waals surface area (Å²) in [6, 6.07) is 3.45. The molecule has 1 atom stereocenters. The van der Waals surface area contributed by atoms with E-state index in [0.29, 0.717) is 17.0 Å². The minimum atomic E-state index is -4.82. The summed E-state index contributed by atoms with van der Waals surface area (Å²) in [5.74, 6) is -1.30. The molecule has 0 saturated carbocycles. The molecule has 1 amide bonds. The first-order valence-electron chi connectivity index (χ1n) is 5.40. The second-order valence-electron chi connectivity index (χ2n) is 4.59. The minimum absolute atomic E-state index is 0.288. The van der Waals surface area contributed by atoms with Gasteiger partial charge in [-0.25, -0.2) is 0 Å². The van der Waals surface area contributed by atoms with E-state index in [-0.39, 0.29) is 5.69 Å². The predicted octanol–water partition coefficient (Wildman–Crippen LogP) is 3.28. The number of carbonyl (C=O) groups excluding carboxylic acids is 1. The highest BCUT2D eigenvalue weighted by Gasteiger charge is 2.54. The first kappa shape index (κ1) is 16.0. The van der Waals surface area contributed by atoms with Gasteiger partial charge in [0.15, 0.2) is 5.54 Å². The van der Waals surface area contributed by atoms with Crippen LogP contribution >= 0.6 is 15.9 Å². The summed E-state index contributed by atoms with van der Waals surface area (Å²) in [5, 5.41) is 2.22. The summed E-state index contributed by atoms with van der Waals surface area (Å²) >= 11 is 3.21. The lowest BCUT2D eigenvalue weighted by Gasteiger charge is -2.26. The molecule has 1 aromatic rings. The zero-order chi connectivity index (χ0) is 15.0. The molecule has 0 bridgehead atoms. The van der Waals surface area contributed by atoms with Crippen LogP contribution in [0.15, 0.2) is 16.6 Å². The Hall–Kier alpha value is -1.08. The normalized spacial score (nSPS) is 14.9. The van der Waals surface area contributed by atoms with E-state index in [2.05, 4.69) is 21.2 Å². The largest absolute Gasteiger partial charge is 0.415 e. The molecule has 3 nitrogen and oxygen atoms in total. The monoisotopic (exact) mass is 338 g/mol. The number of nitrogens with two attached hydrogens (primary N) is 1. The third-order valence-corrected chi connectivity index (χ3v) is 3.36. The highest BCUT2D eigenvalue weighted by Crippen LogP contribution is 2.32. The zero-order valence-corrected chi connectivity index (χ0v) is 12.2. The smallest absolute Gasteiger partial charge is 0.323 e. The first-order chi connectivity index (χ1) is 8.46. The van der Waals surface area contributed by atoms with Crippen molar-refractivity contribution < 1.29 is 18.0 Å². The fraction of sp³-hybridized carbons (Fsp3) is 0.417. The molecule has 0 aliphatic carbocycles. The first-order valence-corrected chi connectivity index (χ1v) is 6.20. The predicted molar refractivity (Wildman–Crippen MR) is 70.9 cm³/mol. The molecule has 1 aromatic carbocycles. The van der Waals surface area contributed by atoms with Crippen LogP contribution in [0, 0.1) is 13.8 Å². The molecule has 0 spiro atoms. The molecule has 106 valence electrons. The van der Waals surface area contributed by atoms with Gasteiger partial charge in [0.1, 0.15) is 0 Å². The van der Waals surface area contributed by atoms with Crippen LogP contribution in [0.2, 0.25) is 0 Å². The molecular weight excluding hydrogens is 325 g/mol. The van der Waals surface area contributed by atoms with E-state index >= 15 is 0 Å². The highest BCUT2D eigenvalue weighted by molar-refractivity contribution is 9.10. The maximum Gasteiger partial charge on any atom is 0.415 e. The molecule has 0 aliphatic rings. The fourth-order valence-corrected chi connectivity index (χ4v) is 2.22. The second kappa shape index (κ2) is 5.13. The van der Waals surface area contributed by atoms with E-state index in [9.17, 15) is 18.0 Å². The quantitative estimate of drug-likeness (QED) is 0.869. The molecule has 7 heteroatoms. The lowest BCUT2D eigenvalue weighted by molar-refractivity contribution is -0.184. The van der Waals surface area contributed by atoms with E-state index in [0.717, 1.165) is 5.56 Å². The number of nitrogens with one attached hydrogen (secondary N) is 1. The number of amides is 1. The molecule has 0 aromatic heterocycles. The lowest BCUT2D eigenvalue weighted by Crippen LogP contribution is -2.59. The number of anilines is 1. The molecule has 0 fully saturated rings. The summed E-state index contributed by atoms with van der Waals surface area (Å²) in [5.41, 5.74) is 3.99. The van der Waals surface area contributed by atoms with Gasteiger partial charge in [0, 0.05) is 4.47 Å². The van der Waals surface area contributed by atoms with E-state index in [1.807, 2.05) is 6.92 Å². The van der Waals surface area contributed by atoms with Crippen molar-refractivity contribution in [3.8, 4) is 0 Å². The lowest BCUT2D eigenvalue weighted by atomic mass is 10.0. The Balaban J connectivity index is 3.08. The van der Waals surface area contributed by atoms with Crippen LogP contribution in [0.1, 0.15) is 18.1 Å². The van der Waals surface area contributed by atoms with Crippen molar-refractivity contribution >= 4 is 27.5 Å². The molecular formula is C12H14BrF3N2O. The molecule has 1 unspecified atom stereocenters. The van der Waals surface area contributed by atoms with Crippen LogP contribution < -0.4 is 11.1 Å². The SMILES string of the molecule is Cc1cc(C)c(NC(=O)C(C)(N)C(F)(F)F)c(Br)c1. The van der Waals surface area contributed by atoms with E-state index in [1.54, 1.807) is 19.1 Å². The summed E-state index contributed by atoms with van der Waals surface area (Å²) in [4.78, 5) is 11.7. The van der Waals surface area contributed by atoms with Crippen LogP contribution in [-0.2, 0) is 4.79 Å². The van der Waals surface area contributed by atoms with Gasteiger partial charge in [0.25, 0.3) is 5.91 Å². The van der Waals surface area contributed by atoms with Crippen molar-refractivity contribution in [1.29, 1.82) is 0 Å². The number of halogens is 4. The number of aryl methyl sites for hydroxylation is 2. The second-order valence-corrected chi connectivity index (χ2v) is 5.45. The van der Waals surface area contributed by atoms with Crippen molar-refractivity contribution in [2.75, 3.05) is 5.32 Å². The summed E-state index contributed by atoms with van der Waals surface area (Å²) in [6.07, 6.45) is -4.82. The summed E-state index contributed by atoms with van der Waals surface area (Å²) < 4.78 is 38.5. The average Bonchev–Trinajstić information content (AvgIpc) is 2.21.